The van der Waals surface area contributed by atoms with Gasteiger partial charge in [0.25, 0.3) is 0 Å². The van der Waals surface area contributed by atoms with Crippen LogP contribution in [0, 0.1) is 18.7 Å². The van der Waals surface area contributed by atoms with E-state index in [1.807, 2.05) is 13.8 Å². The molecule has 0 N–H and O–H groups in total. The molecule has 1 saturated heterocycles. The molecule has 24 heavy (non-hydrogen) atoms. The Morgan fingerprint density at radius 3 is 2.25 bits per heavy atom. The van der Waals surface area contributed by atoms with E-state index in [1.165, 1.54) is 16.4 Å². The zero-order valence-corrected chi connectivity index (χ0v) is 15.3. The molecule has 0 spiro atoms. The Labute approximate surface area is 143 Å². The molecular formula is C17H25FN2O3S. The molecule has 2 rings (SSSR count). The van der Waals surface area contributed by atoms with Gasteiger partial charge < -0.3 is 4.90 Å². The van der Waals surface area contributed by atoms with Crippen LogP contribution < -0.4 is 0 Å². The Hall–Kier alpha value is -1.47. The maximum Gasteiger partial charge on any atom is 0.243 e. The van der Waals surface area contributed by atoms with Crippen LogP contribution in [0.5, 0.6) is 0 Å². The normalized spacial score (nSPS) is 16.6. The molecule has 0 atom stereocenters. The number of aryl methyl sites for hydroxylation is 1. The van der Waals surface area contributed by atoms with E-state index in [0.29, 0.717) is 18.7 Å². The van der Waals surface area contributed by atoms with Crippen LogP contribution in [0.1, 0.15) is 32.3 Å². The number of nitrogens with zero attached hydrogens (tertiary/aromatic N) is 2. The second kappa shape index (κ2) is 7.61. The summed E-state index contributed by atoms with van der Waals surface area (Å²) in [7, 11) is -3.66. The first-order valence-corrected chi connectivity index (χ1v) is 9.80. The molecule has 5 nitrogen and oxygen atoms in total. The molecule has 0 unspecified atom stereocenters. The third kappa shape index (κ3) is 3.78. The third-order valence-electron chi connectivity index (χ3n) is 4.64. The first kappa shape index (κ1) is 18.9. The minimum Gasteiger partial charge on any atom is -0.340 e. The largest absolute Gasteiger partial charge is 0.340 e. The molecule has 0 bridgehead atoms. The van der Waals surface area contributed by atoms with Crippen LogP contribution in [0.15, 0.2) is 23.1 Å². The van der Waals surface area contributed by atoms with Crippen LogP contribution in [-0.2, 0) is 14.8 Å². The topological polar surface area (TPSA) is 57.7 Å². The van der Waals surface area contributed by atoms with E-state index in [2.05, 4.69) is 0 Å². The van der Waals surface area contributed by atoms with Crippen molar-refractivity contribution >= 4 is 15.9 Å². The Bertz CT molecular complexity index is 694. The van der Waals surface area contributed by atoms with Crippen molar-refractivity contribution in [1.29, 1.82) is 0 Å². The van der Waals surface area contributed by atoms with Gasteiger partial charge in [-0.05, 0) is 43.5 Å². The number of amides is 1. The summed E-state index contributed by atoms with van der Waals surface area (Å²) in [6.45, 7) is 6.90. The molecule has 7 heteroatoms. The molecule has 0 radical (unpaired) electrons. The number of hydrogen-bond acceptors (Lipinski definition) is 3. The number of piperazine rings is 1. The molecule has 0 aliphatic carbocycles. The first-order chi connectivity index (χ1) is 11.3. The summed E-state index contributed by atoms with van der Waals surface area (Å²) in [6, 6.07) is 3.69. The molecule has 134 valence electrons. The van der Waals surface area contributed by atoms with E-state index >= 15 is 0 Å². The average Bonchev–Trinajstić information content (AvgIpc) is 2.55. The second-order valence-corrected chi connectivity index (χ2v) is 8.06. The zero-order chi connectivity index (χ0) is 17.9. The van der Waals surface area contributed by atoms with Gasteiger partial charge in [-0.15, -0.1) is 0 Å². The fourth-order valence-electron chi connectivity index (χ4n) is 3.09. The molecule has 1 aromatic rings. The monoisotopic (exact) mass is 356 g/mol. The lowest BCUT2D eigenvalue weighted by molar-refractivity contribution is -0.136. The Kier molecular flexibility index (Phi) is 5.98. The third-order valence-corrected chi connectivity index (χ3v) is 6.70. The van der Waals surface area contributed by atoms with Crippen LogP contribution in [0.25, 0.3) is 0 Å². The highest BCUT2D eigenvalue weighted by molar-refractivity contribution is 7.89. The lowest BCUT2D eigenvalue weighted by Crippen LogP contribution is -2.51. The summed E-state index contributed by atoms with van der Waals surface area (Å²) in [6.07, 6.45) is 1.59. The van der Waals surface area contributed by atoms with Crippen molar-refractivity contribution in [1.82, 2.24) is 9.21 Å². The highest BCUT2D eigenvalue weighted by Crippen LogP contribution is 2.23. The Balaban J connectivity index is 2.10. The van der Waals surface area contributed by atoms with Crippen molar-refractivity contribution in [2.24, 2.45) is 5.92 Å². The van der Waals surface area contributed by atoms with Crippen LogP contribution in [0.3, 0.4) is 0 Å². The van der Waals surface area contributed by atoms with E-state index in [4.69, 9.17) is 0 Å². The van der Waals surface area contributed by atoms with Crippen LogP contribution in [0.2, 0.25) is 0 Å². The Morgan fingerprint density at radius 1 is 1.17 bits per heavy atom. The number of carbonyl (C=O) groups is 1. The quantitative estimate of drug-likeness (QED) is 0.814. The maximum absolute atomic E-state index is 13.2. The summed E-state index contributed by atoms with van der Waals surface area (Å²) in [5.74, 6) is -0.338. The summed E-state index contributed by atoms with van der Waals surface area (Å²) < 4.78 is 40.1. The van der Waals surface area contributed by atoms with E-state index in [0.717, 1.165) is 18.9 Å². The van der Waals surface area contributed by atoms with Crippen molar-refractivity contribution in [3.05, 3.63) is 29.6 Å². The predicted molar refractivity (Wildman–Crippen MR) is 90.5 cm³/mol. The van der Waals surface area contributed by atoms with Gasteiger partial charge in [-0.3, -0.25) is 4.79 Å². The lowest BCUT2D eigenvalue weighted by Gasteiger charge is -2.35. The van der Waals surface area contributed by atoms with Crippen LogP contribution >= 0.6 is 0 Å². The van der Waals surface area contributed by atoms with Crippen molar-refractivity contribution in [3.63, 3.8) is 0 Å². The van der Waals surface area contributed by atoms with Gasteiger partial charge in [-0.25, -0.2) is 12.8 Å². The van der Waals surface area contributed by atoms with Crippen LogP contribution in [0.4, 0.5) is 4.39 Å². The van der Waals surface area contributed by atoms with Crippen molar-refractivity contribution in [2.45, 2.75) is 38.5 Å². The van der Waals surface area contributed by atoms with E-state index < -0.39 is 15.8 Å². The molecule has 1 amide bonds. The number of halogens is 1. The van der Waals surface area contributed by atoms with Gasteiger partial charge in [0.1, 0.15) is 5.82 Å². The van der Waals surface area contributed by atoms with Crippen molar-refractivity contribution < 1.29 is 17.6 Å². The summed E-state index contributed by atoms with van der Waals surface area (Å²) in [4.78, 5) is 14.3. The molecule has 0 saturated carbocycles. The molecular weight excluding hydrogens is 331 g/mol. The molecule has 1 fully saturated rings. The highest BCUT2D eigenvalue weighted by Gasteiger charge is 2.32. The van der Waals surface area contributed by atoms with Gasteiger partial charge in [-0.1, -0.05) is 13.8 Å². The first-order valence-electron chi connectivity index (χ1n) is 8.36. The molecule has 1 aliphatic rings. The summed E-state index contributed by atoms with van der Waals surface area (Å²) >= 11 is 0. The maximum atomic E-state index is 13.2. The summed E-state index contributed by atoms with van der Waals surface area (Å²) in [5, 5.41) is 0. The fourth-order valence-corrected chi connectivity index (χ4v) is 4.71. The van der Waals surface area contributed by atoms with Gasteiger partial charge in [0, 0.05) is 32.1 Å². The fraction of sp³-hybridized carbons (Fsp3) is 0.588. The molecule has 1 aliphatic heterocycles. The standard InChI is InChI=1S/C17H25FN2O3S/c1-4-14(5-2)17(21)19-8-10-20(11-9-19)24(22,23)16-7-6-15(18)12-13(16)3/h6-7,12,14H,4-5,8-11H2,1-3H3. The van der Waals surface area contributed by atoms with Gasteiger partial charge >= 0.3 is 0 Å². The van der Waals surface area contributed by atoms with Gasteiger partial charge in [0.2, 0.25) is 15.9 Å². The van der Waals surface area contributed by atoms with E-state index in [-0.39, 0.29) is 29.8 Å². The number of hydrogen-bond donors (Lipinski definition) is 0. The minimum atomic E-state index is -3.66. The van der Waals surface area contributed by atoms with Crippen molar-refractivity contribution in [3.8, 4) is 0 Å². The Morgan fingerprint density at radius 2 is 1.75 bits per heavy atom. The zero-order valence-electron chi connectivity index (χ0n) is 14.5. The predicted octanol–water partition coefficient (Wildman–Crippen LogP) is 2.40. The van der Waals surface area contributed by atoms with Gasteiger partial charge in [0.15, 0.2) is 0 Å². The molecule has 1 aromatic carbocycles. The SMILES string of the molecule is CCC(CC)C(=O)N1CCN(S(=O)(=O)c2ccc(F)cc2C)CC1. The summed E-state index contributed by atoms with van der Waals surface area (Å²) in [5.41, 5.74) is 0.394. The van der Waals surface area contributed by atoms with Gasteiger partial charge in [0.05, 0.1) is 4.90 Å². The van der Waals surface area contributed by atoms with E-state index in [9.17, 15) is 17.6 Å². The van der Waals surface area contributed by atoms with E-state index in [1.54, 1.807) is 11.8 Å². The minimum absolute atomic E-state index is 0.00694. The van der Waals surface area contributed by atoms with Gasteiger partial charge in [-0.2, -0.15) is 4.31 Å². The van der Waals surface area contributed by atoms with Crippen molar-refractivity contribution in [2.75, 3.05) is 26.2 Å². The highest BCUT2D eigenvalue weighted by atomic mass is 32.2. The van der Waals surface area contributed by atoms with Crippen LogP contribution in [-0.4, -0.2) is 49.7 Å². The lowest BCUT2D eigenvalue weighted by atomic mass is 10.0. The molecule has 0 aromatic heterocycles. The number of benzene rings is 1. The number of rotatable bonds is 5. The number of sulfonamides is 1. The average molecular weight is 356 g/mol. The smallest absolute Gasteiger partial charge is 0.243 e. The number of carbonyl (C=O) groups excluding carboxylic acids is 1. The second-order valence-electron chi connectivity index (χ2n) is 6.15. The molecule has 1 heterocycles.